The number of carbonyl (C=O) groups is 1. The fraction of sp³-hybridized carbons (Fsp3) is 0.333. The second kappa shape index (κ2) is 5.23. The summed E-state index contributed by atoms with van der Waals surface area (Å²) in [4.78, 5) is 15.9. The Hall–Kier alpha value is -2.15. The average molecular weight is 267 g/mol. The lowest BCUT2D eigenvalue weighted by Gasteiger charge is -2.28. The molecule has 0 bridgehead atoms. The van der Waals surface area contributed by atoms with Gasteiger partial charge in [0, 0.05) is 13.1 Å². The maximum Gasteiger partial charge on any atom is 0.302 e. The Kier molecular flexibility index (Phi) is 3.66. The lowest BCUT2D eigenvalue weighted by molar-refractivity contribution is -0.145. The highest BCUT2D eigenvalue weighted by Crippen LogP contribution is 2.24. The smallest absolute Gasteiger partial charge is 0.302 e. The highest BCUT2D eigenvalue weighted by Gasteiger charge is 2.28. The van der Waals surface area contributed by atoms with E-state index in [1.165, 1.54) is 18.0 Å². The molecule has 0 saturated carbocycles. The van der Waals surface area contributed by atoms with Crippen LogP contribution in [0.15, 0.2) is 41.6 Å². The molecule has 2 rings (SSSR count). The standard InChI is InChI=1S/C12H14FN3O3/c1-7-15-12(14)10(13)5-16(7)11-4-3-9(19-11)6-18-8(2)17/h3-5,9,11H,1,6H2,2H3,(H2,14,15). The van der Waals surface area contributed by atoms with Gasteiger partial charge in [-0.2, -0.15) is 0 Å². The van der Waals surface area contributed by atoms with Gasteiger partial charge in [0.05, 0.1) is 0 Å². The zero-order chi connectivity index (χ0) is 14.0. The van der Waals surface area contributed by atoms with E-state index in [0.717, 1.165) is 0 Å². The Morgan fingerprint density at radius 1 is 1.68 bits per heavy atom. The van der Waals surface area contributed by atoms with Crippen LogP contribution in [0.2, 0.25) is 0 Å². The van der Waals surface area contributed by atoms with Crippen LogP contribution < -0.4 is 5.73 Å². The van der Waals surface area contributed by atoms with Crippen molar-refractivity contribution in [2.45, 2.75) is 19.3 Å². The van der Waals surface area contributed by atoms with Gasteiger partial charge in [0.2, 0.25) is 0 Å². The first-order valence-electron chi connectivity index (χ1n) is 5.63. The van der Waals surface area contributed by atoms with Crippen LogP contribution in [0, 0.1) is 0 Å². The zero-order valence-electron chi connectivity index (χ0n) is 10.4. The van der Waals surface area contributed by atoms with Crippen molar-refractivity contribution in [3.63, 3.8) is 0 Å². The number of amidine groups is 1. The third-order valence-corrected chi connectivity index (χ3v) is 2.57. The maximum absolute atomic E-state index is 13.4. The molecule has 0 aliphatic carbocycles. The van der Waals surface area contributed by atoms with Crippen LogP contribution >= 0.6 is 0 Å². The first-order valence-corrected chi connectivity index (χ1v) is 5.63. The largest absolute Gasteiger partial charge is 0.463 e. The molecular formula is C12H14FN3O3. The van der Waals surface area contributed by atoms with E-state index in [0.29, 0.717) is 0 Å². The van der Waals surface area contributed by atoms with Gasteiger partial charge in [-0.3, -0.25) is 4.79 Å². The molecule has 0 radical (unpaired) electrons. The van der Waals surface area contributed by atoms with Crippen molar-refractivity contribution in [2.75, 3.05) is 6.61 Å². The van der Waals surface area contributed by atoms with Gasteiger partial charge in [-0.1, -0.05) is 12.7 Å². The highest BCUT2D eigenvalue weighted by atomic mass is 19.1. The van der Waals surface area contributed by atoms with Crippen LogP contribution in [-0.4, -0.2) is 35.6 Å². The number of hydrogen-bond acceptors (Lipinski definition) is 6. The Balaban J connectivity index is 1.97. The van der Waals surface area contributed by atoms with Crippen molar-refractivity contribution in [2.24, 2.45) is 10.7 Å². The third kappa shape index (κ3) is 3.00. The number of ether oxygens (including phenoxy) is 2. The molecule has 2 N–H and O–H groups in total. The number of esters is 1. The van der Waals surface area contributed by atoms with E-state index in [9.17, 15) is 9.18 Å². The number of rotatable bonds is 3. The van der Waals surface area contributed by atoms with Gasteiger partial charge >= 0.3 is 5.97 Å². The van der Waals surface area contributed by atoms with Gasteiger partial charge in [0.1, 0.15) is 18.5 Å². The van der Waals surface area contributed by atoms with Gasteiger partial charge in [0.15, 0.2) is 17.9 Å². The predicted octanol–water partition coefficient (Wildman–Crippen LogP) is 0.786. The van der Waals surface area contributed by atoms with Crippen molar-refractivity contribution in [3.05, 3.63) is 36.6 Å². The number of hydrogen-bond donors (Lipinski definition) is 1. The fourth-order valence-corrected chi connectivity index (χ4v) is 1.67. The summed E-state index contributed by atoms with van der Waals surface area (Å²) in [7, 11) is 0. The van der Waals surface area contributed by atoms with Gasteiger partial charge in [-0.05, 0) is 6.08 Å². The van der Waals surface area contributed by atoms with Crippen LogP contribution in [0.4, 0.5) is 4.39 Å². The minimum absolute atomic E-state index is 0.111. The zero-order valence-corrected chi connectivity index (χ0v) is 10.4. The van der Waals surface area contributed by atoms with Crippen molar-refractivity contribution in [3.8, 4) is 0 Å². The summed E-state index contributed by atoms with van der Waals surface area (Å²) in [5, 5.41) is 0. The summed E-state index contributed by atoms with van der Waals surface area (Å²) in [5.74, 6) is -0.958. The number of aliphatic imine (C=N–C) groups is 1. The Morgan fingerprint density at radius 2 is 2.42 bits per heavy atom. The van der Waals surface area contributed by atoms with Crippen molar-refractivity contribution >= 4 is 11.8 Å². The summed E-state index contributed by atoms with van der Waals surface area (Å²) < 4.78 is 23.8. The normalized spacial score (nSPS) is 26.2. The van der Waals surface area contributed by atoms with E-state index in [2.05, 4.69) is 11.6 Å². The topological polar surface area (TPSA) is 77.1 Å². The van der Waals surface area contributed by atoms with Crippen LogP contribution in [0.5, 0.6) is 0 Å². The molecule has 0 fully saturated rings. The maximum atomic E-state index is 13.4. The van der Waals surface area contributed by atoms with E-state index < -0.39 is 12.1 Å². The molecule has 19 heavy (non-hydrogen) atoms. The van der Waals surface area contributed by atoms with Gasteiger partial charge in [-0.25, -0.2) is 9.38 Å². The van der Waals surface area contributed by atoms with E-state index in [-0.39, 0.29) is 30.3 Å². The monoisotopic (exact) mass is 267 g/mol. The molecule has 0 saturated heterocycles. The quantitative estimate of drug-likeness (QED) is 0.604. The Morgan fingerprint density at radius 3 is 3.11 bits per heavy atom. The average Bonchev–Trinajstić information content (AvgIpc) is 2.80. The highest BCUT2D eigenvalue weighted by molar-refractivity contribution is 5.96. The van der Waals surface area contributed by atoms with Crippen LogP contribution in [0.3, 0.4) is 0 Å². The molecule has 0 spiro atoms. The lowest BCUT2D eigenvalue weighted by Crippen LogP contribution is -2.34. The molecule has 0 aromatic carbocycles. The molecule has 7 heteroatoms. The minimum Gasteiger partial charge on any atom is -0.463 e. The van der Waals surface area contributed by atoms with E-state index in [1.807, 2.05) is 0 Å². The molecule has 2 heterocycles. The van der Waals surface area contributed by atoms with Crippen LogP contribution in [0.1, 0.15) is 6.92 Å². The molecule has 0 amide bonds. The first kappa shape index (κ1) is 13.3. The summed E-state index contributed by atoms with van der Waals surface area (Å²) >= 11 is 0. The van der Waals surface area contributed by atoms with Gasteiger partial charge in [-0.15, -0.1) is 0 Å². The minimum atomic E-state index is -0.646. The molecular weight excluding hydrogens is 253 g/mol. The van der Waals surface area contributed by atoms with Crippen molar-refractivity contribution < 1.29 is 18.7 Å². The molecule has 2 unspecified atom stereocenters. The molecule has 2 aliphatic heterocycles. The predicted molar refractivity (Wildman–Crippen MR) is 66.2 cm³/mol. The number of halogens is 1. The second-order valence-electron chi connectivity index (χ2n) is 4.05. The van der Waals surface area contributed by atoms with Gasteiger partial charge < -0.3 is 20.1 Å². The summed E-state index contributed by atoms with van der Waals surface area (Å²) in [6, 6.07) is 0. The molecule has 6 nitrogen and oxygen atoms in total. The first-order chi connectivity index (χ1) is 8.97. The molecule has 0 aromatic rings. The molecule has 2 atom stereocenters. The van der Waals surface area contributed by atoms with Crippen LogP contribution in [-0.2, 0) is 14.3 Å². The summed E-state index contributed by atoms with van der Waals surface area (Å²) in [6.07, 6.45) is 3.69. The van der Waals surface area contributed by atoms with Crippen molar-refractivity contribution in [1.82, 2.24) is 4.90 Å². The molecule has 102 valence electrons. The van der Waals surface area contributed by atoms with E-state index in [1.54, 1.807) is 12.2 Å². The lowest BCUT2D eigenvalue weighted by atomic mass is 10.3. The van der Waals surface area contributed by atoms with Crippen LogP contribution in [0.25, 0.3) is 0 Å². The summed E-state index contributed by atoms with van der Waals surface area (Å²) in [6.45, 7) is 5.10. The fourth-order valence-electron chi connectivity index (χ4n) is 1.67. The second-order valence-corrected chi connectivity index (χ2v) is 4.05. The Bertz CT molecular complexity index is 498. The third-order valence-electron chi connectivity index (χ3n) is 2.57. The van der Waals surface area contributed by atoms with Crippen molar-refractivity contribution in [1.29, 1.82) is 0 Å². The Labute approximate surface area is 109 Å². The van der Waals surface area contributed by atoms with E-state index >= 15 is 0 Å². The molecule has 0 aromatic heterocycles. The SMILES string of the molecule is C=C1N=C(N)C(F)=CN1C1C=CC(COC(C)=O)O1. The molecule has 2 aliphatic rings. The summed E-state index contributed by atoms with van der Waals surface area (Å²) in [5.41, 5.74) is 5.34. The number of nitrogens with two attached hydrogens (primary N) is 1. The van der Waals surface area contributed by atoms with Gasteiger partial charge in [0.25, 0.3) is 0 Å². The van der Waals surface area contributed by atoms with E-state index in [4.69, 9.17) is 15.2 Å². The number of carbonyl (C=O) groups excluding carboxylic acids is 1. The number of nitrogens with zero attached hydrogens (tertiary/aromatic N) is 2.